The zero-order valence-electron chi connectivity index (χ0n) is 12.2. The van der Waals surface area contributed by atoms with Crippen LogP contribution < -0.4 is 5.73 Å². The van der Waals surface area contributed by atoms with E-state index in [0.717, 1.165) is 32.2 Å². The fourth-order valence-electron chi connectivity index (χ4n) is 5.27. The van der Waals surface area contributed by atoms with Gasteiger partial charge in [0.25, 0.3) is 0 Å². The molecule has 2 aliphatic heterocycles. The first-order valence-corrected chi connectivity index (χ1v) is 8.25. The lowest BCUT2D eigenvalue weighted by Gasteiger charge is -2.52. The van der Waals surface area contributed by atoms with E-state index in [2.05, 4.69) is 11.8 Å². The maximum Gasteiger partial charge on any atom is 0.223 e. The van der Waals surface area contributed by atoms with Crippen LogP contribution in [-0.4, -0.2) is 28.9 Å². The van der Waals surface area contributed by atoms with E-state index < -0.39 is 0 Å². The Balaban J connectivity index is 1.94. The summed E-state index contributed by atoms with van der Waals surface area (Å²) in [6.07, 6.45) is 10.2. The highest BCUT2D eigenvalue weighted by molar-refractivity contribution is 5.78. The number of carbonyl (C=O) groups excluding carboxylic acids is 1. The van der Waals surface area contributed by atoms with Crippen LogP contribution in [-0.2, 0) is 4.79 Å². The maximum absolute atomic E-state index is 12.4. The molecule has 0 aromatic rings. The van der Waals surface area contributed by atoms with Gasteiger partial charge in [0.2, 0.25) is 5.91 Å². The van der Waals surface area contributed by atoms with Crippen molar-refractivity contribution < 1.29 is 4.79 Å². The fraction of sp³-hybridized carbons (Fsp3) is 0.938. The molecule has 3 fully saturated rings. The van der Waals surface area contributed by atoms with Crippen molar-refractivity contribution >= 4 is 5.91 Å². The first-order chi connectivity index (χ1) is 9.19. The molecule has 3 nitrogen and oxygen atoms in total. The summed E-state index contributed by atoms with van der Waals surface area (Å²) in [4.78, 5) is 14.7. The predicted molar refractivity (Wildman–Crippen MR) is 76.6 cm³/mol. The van der Waals surface area contributed by atoms with Crippen LogP contribution in [0, 0.1) is 11.8 Å². The minimum absolute atomic E-state index is 0.198. The molecule has 0 unspecified atom stereocenters. The molecule has 3 heteroatoms. The zero-order chi connectivity index (χ0) is 13.5. The van der Waals surface area contributed by atoms with E-state index >= 15 is 0 Å². The third-order valence-electron chi connectivity index (χ3n) is 6.03. The summed E-state index contributed by atoms with van der Waals surface area (Å²) in [7, 11) is 0. The molecule has 2 saturated heterocycles. The number of amides is 1. The Morgan fingerprint density at radius 1 is 1.32 bits per heavy atom. The Morgan fingerprint density at radius 3 is 2.95 bits per heavy atom. The average molecular weight is 264 g/mol. The summed E-state index contributed by atoms with van der Waals surface area (Å²) < 4.78 is 0. The van der Waals surface area contributed by atoms with Crippen molar-refractivity contribution in [1.29, 1.82) is 0 Å². The third kappa shape index (κ3) is 2.01. The van der Waals surface area contributed by atoms with E-state index in [-0.39, 0.29) is 5.54 Å². The molecule has 2 N–H and O–H groups in total. The standard InChI is InChI=1S/C16H28N2O/c1-2-5-12-13-6-3-7-15(19)18-11-4-9-16(13,18)10-8-14(12)17/h12-14H,2-11,17H2,1H3/t12-,13+,14+,16-/m1/s1. The van der Waals surface area contributed by atoms with Gasteiger partial charge in [-0.15, -0.1) is 0 Å². The molecule has 1 saturated carbocycles. The molecule has 1 amide bonds. The number of rotatable bonds is 2. The van der Waals surface area contributed by atoms with Gasteiger partial charge >= 0.3 is 0 Å². The third-order valence-corrected chi connectivity index (χ3v) is 6.03. The van der Waals surface area contributed by atoms with Crippen molar-refractivity contribution in [1.82, 2.24) is 4.90 Å². The second-order valence-corrected chi connectivity index (χ2v) is 6.91. The fourth-order valence-corrected chi connectivity index (χ4v) is 5.27. The van der Waals surface area contributed by atoms with Gasteiger partial charge in [-0.2, -0.15) is 0 Å². The Kier molecular flexibility index (Phi) is 3.59. The summed E-state index contributed by atoms with van der Waals surface area (Å²) in [5.41, 5.74) is 6.63. The molecule has 0 bridgehead atoms. The van der Waals surface area contributed by atoms with Crippen LogP contribution >= 0.6 is 0 Å². The van der Waals surface area contributed by atoms with E-state index in [1.807, 2.05) is 0 Å². The number of carbonyl (C=O) groups is 1. The minimum atomic E-state index is 0.198. The Bertz CT molecular complexity index is 357. The zero-order valence-corrected chi connectivity index (χ0v) is 12.2. The molecule has 4 atom stereocenters. The Hall–Kier alpha value is -0.570. The number of nitrogens with zero attached hydrogens (tertiary/aromatic N) is 1. The Labute approximate surface area is 116 Å². The van der Waals surface area contributed by atoms with Gasteiger partial charge < -0.3 is 10.6 Å². The Morgan fingerprint density at radius 2 is 2.16 bits per heavy atom. The van der Waals surface area contributed by atoms with Crippen molar-refractivity contribution in [2.75, 3.05) is 6.54 Å². The SMILES string of the molecule is CCC[C@H]1[C@@H](N)CC[C@@]23CCCN2C(=O)CCC[C@@H]13. The highest BCUT2D eigenvalue weighted by Crippen LogP contribution is 2.52. The normalized spacial score (nSPS) is 42.7. The largest absolute Gasteiger partial charge is 0.337 e. The van der Waals surface area contributed by atoms with Crippen molar-refractivity contribution in [2.45, 2.75) is 76.3 Å². The van der Waals surface area contributed by atoms with Gasteiger partial charge in [-0.3, -0.25) is 4.79 Å². The highest BCUT2D eigenvalue weighted by Gasteiger charge is 2.55. The molecule has 2 heterocycles. The summed E-state index contributed by atoms with van der Waals surface area (Å²) in [5, 5.41) is 0. The second-order valence-electron chi connectivity index (χ2n) is 6.91. The van der Waals surface area contributed by atoms with Crippen LogP contribution in [0.15, 0.2) is 0 Å². The molecule has 3 aliphatic rings. The molecular formula is C16H28N2O. The van der Waals surface area contributed by atoms with Gasteiger partial charge in [0.1, 0.15) is 0 Å². The van der Waals surface area contributed by atoms with Crippen molar-refractivity contribution in [3.8, 4) is 0 Å². The number of hydrogen-bond acceptors (Lipinski definition) is 2. The quantitative estimate of drug-likeness (QED) is 0.833. The van der Waals surface area contributed by atoms with E-state index in [4.69, 9.17) is 5.73 Å². The molecular weight excluding hydrogens is 236 g/mol. The first kappa shape index (κ1) is 13.4. The van der Waals surface area contributed by atoms with Gasteiger partial charge in [-0.1, -0.05) is 13.3 Å². The van der Waals surface area contributed by atoms with Crippen LogP contribution in [0.3, 0.4) is 0 Å². The van der Waals surface area contributed by atoms with Gasteiger partial charge in [-0.05, 0) is 56.8 Å². The van der Waals surface area contributed by atoms with E-state index in [9.17, 15) is 4.79 Å². The summed E-state index contributed by atoms with van der Waals surface area (Å²) >= 11 is 0. The lowest BCUT2D eigenvalue weighted by molar-refractivity contribution is -0.138. The second kappa shape index (κ2) is 5.08. The highest BCUT2D eigenvalue weighted by atomic mass is 16.2. The summed E-state index contributed by atoms with van der Waals surface area (Å²) in [5.74, 6) is 1.74. The van der Waals surface area contributed by atoms with Gasteiger partial charge in [0, 0.05) is 24.5 Å². The van der Waals surface area contributed by atoms with Crippen molar-refractivity contribution in [3.05, 3.63) is 0 Å². The molecule has 3 rings (SSSR count). The van der Waals surface area contributed by atoms with Gasteiger partial charge in [0.05, 0.1) is 0 Å². The molecule has 1 aliphatic carbocycles. The van der Waals surface area contributed by atoms with Gasteiger partial charge in [0.15, 0.2) is 0 Å². The first-order valence-electron chi connectivity index (χ1n) is 8.25. The van der Waals surface area contributed by atoms with E-state index in [1.54, 1.807) is 0 Å². The maximum atomic E-state index is 12.4. The number of nitrogens with two attached hydrogens (primary N) is 1. The molecule has 19 heavy (non-hydrogen) atoms. The van der Waals surface area contributed by atoms with Crippen LogP contribution in [0.25, 0.3) is 0 Å². The number of hydrogen-bond donors (Lipinski definition) is 1. The monoisotopic (exact) mass is 264 g/mol. The summed E-state index contributed by atoms with van der Waals surface area (Å²) in [6, 6.07) is 0.367. The van der Waals surface area contributed by atoms with Gasteiger partial charge in [-0.25, -0.2) is 0 Å². The minimum Gasteiger partial charge on any atom is -0.337 e. The predicted octanol–water partition coefficient (Wildman–Crippen LogP) is 2.69. The van der Waals surface area contributed by atoms with Crippen LogP contribution in [0.5, 0.6) is 0 Å². The van der Waals surface area contributed by atoms with Crippen molar-refractivity contribution in [2.24, 2.45) is 17.6 Å². The molecule has 1 spiro atoms. The van der Waals surface area contributed by atoms with E-state index in [0.29, 0.717) is 23.8 Å². The van der Waals surface area contributed by atoms with Crippen molar-refractivity contribution in [3.63, 3.8) is 0 Å². The lowest BCUT2D eigenvalue weighted by atomic mass is 9.61. The topological polar surface area (TPSA) is 46.3 Å². The lowest BCUT2D eigenvalue weighted by Crippen LogP contribution is -2.59. The van der Waals surface area contributed by atoms with Crippen LogP contribution in [0.1, 0.15) is 64.7 Å². The average Bonchev–Trinajstić information content (AvgIpc) is 2.76. The molecule has 108 valence electrons. The molecule has 0 aromatic carbocycles. The van der Waals surface area contributed by atoms with Crippen LogP contribution in [0.2, 0.25) is 0 Å². The molecule has 0 aromatic heterocycles. The summed E-state index contributed by atoms with van der Waals surface area (Å²) in [6.45, 7) is 3.27. The smallest absolute Gasteiger partial charge is 0.223 e. The molecule has 0 radical (unpaired) electrons. The van der Waals surface area contributed by atoms with E-state index in [1.165, 1.54) is 32.1 Å². The van der Waals surface area contributed by atoms with Crippen LogP contribution in [0.4, 0.5) is 0 Å².